The first kappa shape index (κ1) is 26.8. The Hall–Kier alpha value is -2.36. The van der Waals surface area contributed by atoms with E-state index < -0.39 is 17.4 Å². The summed E-state index contributed by atoms with van der Waals surface area (Å²) in [6.45, 7) is 4.58. The van der Waals surface area contributed by atoms with E-state index in [1.807, 2.05) is 0 Å². The number of hydrogen-bond acceptors (Lipinski definition) is 6. The monoisotopic (exact) mass is 546 g/mol. The molecule has 1 aliphatic carbocycles. The van der Waals surface area contributed by atoms with Crippen molar-refractivity contribution in [1.29, 1.82) is 0 Å². The van der Waals surface area contributed by atoms with Crippen LogP contribution in [0.2, 0.25) is 0 Å². The summed E-state index contributed by atoms with van der Waals surface area (Å²) in [6, 6.07) is 0.936. The average Bonchev–Trinajstić information content (AvgIpc) is 3.62. The average molecular weight is 547 g/mol. The fourth-order valence-corrected chi connectivity index (χ4v) is 6.92. The van der Waals surface area contributed by atoms with Crippen molar-refractivity contribution in [2.75, 3.05) is 46.6 Å². The molecule has 5 heterocycles. The largest absolute Gasteiger partial charge is 0.418 e. The summed E-state index contributed by atoms with van der Waals surface area (Å²) >= 11 is 0. The Kier molecular flexibility index (Phi) is 7.27. The van der Waals surface area contributed by atoms with Gasteiger partial charge in [0.15, 0.2) is 0 Å². The maximum atomic E-state index is 14.1. The Morgan fingerprint density at radius 1 is 1.15 bits per heavy atom. The van der Waals surface area contributed by atoms with E-state index >= 15 is 0 Å². The van der Waals surface area contributed by atoms with Crippen LogP contribution in [0.5, 0.6) is 0 Å². The summed E-state index contributed by atoms with van der Waals surface area (Å²) in [5, 5.41) is 0. The predicted molar refractivity (Wildman–Crippen MR) is 141 cm³/mol. The van der Waals surface area contributed by atoms with E-state index in [-0.39, 0.29) is 28.7 Å². The van der Waals surface area contributed by atoms with E-state index in [0.29, 0.717) is 25.7 Å². The molecule has 2 N–H and O–H groups in total. The van der Waals surface area contributed by atoms with Crippen LogP contribution in [0.1, 0.15) is 62.1 Å². The van der Waals surface area contributed by atoms with Gasteiger partial charge in [0.1, 0.15) is 0 Å². The minimum atomic E-state index is -4.59. The van der Waals surface area contributed by atoms with Gasteiger partial charge < -0.3 is 4.74 Å². The number of ether oxygens (including phenoxy) is 1. The van der Waals surface area contributed by atoms with Crippen molar-refractivity contribution in [3.63, 3.8) is 0 Å². The van der Waals surface area contributed by atoms with Crippen molar-refractivity contribution in [3.8, 4) is 11.8 Å². The summed E-state index contributed by atoms with van der Waals surface area (Å²) in [4.78, 5) is 18.0. The highest BCUT2D eigenvalue weighted by Gasteiger charge is 2.49. The van der Waals surface area contributed by atoms with Crippen LogP contribution in [0.15, 0.2) is 23.3 Å². The van der Waals surface area contributed by atoms with E-state index in [9.17, 15) is 18.0 Å². The lowest BCUT2D eigenvalue weighted by atomic mass is 9.64. The lowest BCUT2D eigenvalue weighted by Crippen LogP contribution is -2.54. The van der Waals surface area contributed by atoms with Crippen molar-refractivity contribution in [2.45, 2.75) is 63.3 Å². The van der Waals surface area contributed by atoms with Crippen LogP contribution in [-0.2, 0) is 10.9 Å². The summed E-state index contributed by atoms with van der Waals surface area (Å²) < 4.78 is 50.8. The Bertz CT molecular complexity index is 1310. The number of nitrogens with zero attached hydrogens (tertiary/aromatic N) is 4. The van der Waals surface area contributed by atoms with Crippen molar-refractivity contribution in [1.82, 2.24) is 29.6 Å². The van der Waals surface area contributed by atoms with Gasteiger partial charge in [0, 0.05) is 29.4 Å². The van der Waals surface area contributed by atoms with E-state index in [2.05, 4.69) is 39.5 Å². The van der Waals surface area contributed by atoms with Crippen molar-refractivity contribution in [3.05, 3.63) is 40.1 Å². The van der Waals surface area contributed by atoms with Crippen LogP contribution in [0.25, 0.3) is 5.52 Å². The maximum absolute atomic E-state index is 14.1. The quantitative estimate of drug-likeness (QED) is 0.563. The third-order valence-electron chi connectivity index (χ3n) is 9.25. The number of hydrogen-bond donors (Lipinski definition) is 2. The fraction of sp³-hybridized carbons (Fsp3) is 0.679. The van der Waals surface area contributed by atoms with Gasteiger partial charge in [0.05, 0.1) is 43.7 Å². The van der Waals surface area contributed by atoms with Gasteiger partial charge in [-0.1, -0.05) is 18.3 Å². The molecule has 1 saturated carbocycles. The third kappa shape index (κ3) is 5.25. The smallest absolute Gasteiger partial charge is 0.380 e. The fourth-order valence-electron chi connectivity index (χ4n) is 6.92. The number of fused-ring (bicyclic) bond motifs is 1. The summed E-state index contributed by atoms with van der Waals surface area (Å²) in [5.41, 5.74) is 5.39. The molecule has 8 nitrogen and oxygen atoms in total. The summed E-state index contributed by atoms with van der Waals surface area (Å²) in [7, 11) is 2.07. The summed E-state index contributed by atoms with van der Waals surface area (Å²) in [5.74, 6) is 6.23. The molecule has 4 aliphatic rings. The zero-order valence-electron chi connectivity index (χ0n) is 22.4. The number of rotatable bonds is 5. The first-order chi connectivity index (χ1) is 18.7. The highest BCUT2D eigenvalue weighted by atomic mass is 19.4. The molecule has 11 heteroatoms. The van der Waals surface area contributed by atoms with Crippen LogP contribution in [0.4, 0.5) is 13.2 Å². The topological polar surface area (TPSA) is 66.2 Å². The molecule has 0 radical (unpaired) electrons. The van der Waals surface area contributed by atoms with Crippen molar-refractivity contribution < 1.29 is 17.9 Å². The second kappa shape index (κ2) is 10.6. The summed E-state index contributed by atoms with van der Waals surface area (Å²) in [6.07, 6.45) is 5.17. The lowest BCUT2D eigenvalue weighted by Gasteiger charge is -2.51. The number of alkyl halides is 3. The molecule has 39 heavy (non-hydrogen) atoms. The van der Waals surface area contributed by atoms with E-state index in [1.54, 1.807) is 4.57 Å². The molecular weight excluding hydrogens is 509 g/mol. The standard InChI is InChI=1S/C28H37F3N6O2/c1-34-19-32-33-25(34)14-27(17-39-18-27)21-7-4-8-22(13-21)36-16-24-23(28(29,30)31)12-20(15-37(24)26(36)38)6-5-11-35-9-2-3-10-35/h12,15-16,21-22,25,32-33H,2-4,7-11,13-14,17-19H2,1H3. The number of likely N-dealkylation sites (tertiary alicyclic amines) is 1. The molecule has 0 spiro atoms. The minimum absolute atomic E-state index is 0.00854. The molecule has 3 atom stereocenters. The van der Waals surface area contributed by atoms with E-state index in [1.165, 1.54) is 12.4 Å². The number of halogens is 3. The Balaban J connectivity index is 1.28. The van der Waals surface area contributed by atoms with Gasteiger partial charge in [-0.2, -0.15) is 13.2 Å². The van der Waals surface area contributed by atoms with E-state index in [4.69, 9.17) is 4.74 Å². The normalized spacial score (nSPS) is 27.9. The van der Waals surface area contributed by atoms with Crippen molar-refractivity contribution in [2.24, 2.45) is 11.3 Å². The number of nitrogens with one attached hydrogen (secondary N) is 2. The predicted octanol–water partition coefficient (Wildman–Crippen LogP) is 3.03. The molecule has 3 saturated heterocycles. The van der Waals surface area contributed by atoms with Gasteiger partial charge in [0.25, 0.3) is 0 Å². The molecular formula is C28H37F3N6O2. The Morgan fingerprint density at radius 3 is 2.62 bits per heavy atom. The van der Waals surface area contributed by atoms with Gasteiger partial charge >= 0.3 is 11.9 Å². The van der Waals surface area contributed by atoms with Gasteiger partial charge in [-0.3, -0.25) is 18.8 Å². The molecule has 0 bridgehead atoms. The number of imidazole rings is 1. The molecule has 3 aliphatic heterocycles. The first-order valence-electron chi connectivity index (χ1n) is 14.1. The molecule has 2 aromatic rings. The van der Waals surface area contributed by atoms with Crippen LogP contribution in [0, 0.1) is 23.2 Å². The first-order valence-corrected chi connectivity index (χ1v) is 14.1. The zero-order chi connectivity index (χ0) is 27.2. The lowest BCUT2D eigenvalue weighted by molar-refractivity contribution is -0.167. The third-order valence-corrected chi connectivity index (χ3v) is 9.25. The zero-order valence-corrected chi connectivity index (χ0v) is 22.4. The van der Waals surface area contributed by atoms with E-state index in [0.717, 1.165) is 75.2 Å². The Morgan fingerprint density at radius 2 is 1.95 bits per heavy atom. The molecule has 6 rings (SSSR count). The molecule has 3 unspecified atom stereocenters. The second-order valence-electron chi connectivity index (χ2n) is 11.8. The number of pyridine rings is 1. The second-order valence-corrected chi connectivity index (χ2v) is 11.8. The van der Waals surface area contributed by atoms with Gasteiger partial charge in [-0.15, -0.1) is 0 Å². The molecule has 4 fully saturated rings. The minimum Gasteiger partial charge on any atom is -0.380 e. The van der Waals surface area contributed by atoms with Crippen LogP contribution in [0.3, 0.4) is 0 Å². The molecule has 212 valence electrons. The van der Waals surface area contributed by atoms with Crippen LogP contribution < -0.4 is 16.5 Å². The highest BCUT2D eigenvalue weighted by molar-refractivity contribution is 5.58. The maximum Gasteiger partial charge on any atom is 0.418 e. The number of aromatic nitrogens is 2. The molecule has 0 aromatic carbocycles. The molecule has 2 aromatic heterocycles. The van der Waals surface area contributed by atoms with Gasteiger partial charge in [-0.25, -0.2) is 15.6 Å². The number of hydrazine groups is 1. The Labute approximate surface area is 226 Å². The SMILES string of the molecule is CN1CNNC1CC1(C2CCCC(n3cc4c(C(F)(F)F)cc(C#CCN5CCCC5)cn4c3=O)C2)COC1. The molecule has 0 amide bonds. The van der Waals surface area contributed by atoms with Crippen LogP contribution in [-0.4, -0.2) is 71.5 Å². The van der Waals surface area contributed by atoms with Crippen LogP contribution >= 0.6 is 0 Å². The van der Waals surface area contributed by atoms with Crippen molar-refractivity contribution >= 4 is 5.52 Å². The van der Waals surface area contributed by atoms with Gasteiger partial charge in [-0.05, 0) is 70.6 Å². The van der Waals surface area contributed by atoms with Gasteiger partial charge in [0.2, 0.25) is 0 Å². The highest BCUT2D eigenvalue weighted by Crippen LogP contribution is 2.49.